The maximum Gasteiger partial charge on any atom is 0.328 e. The molecule has 0 aliphatic rings. The molecular weight excluding hydrogens is 358 g/mol. The number of carbonyl (C=O) groups is 1. The van der Waals surface area contributed by atoms with Crippen molar-refractivity contribution in [2.75, 3.05) is 0 Å². The zero-order valence-electron chi connectivity index (χ0n) is 16.5. The lowest BCUT2D eigenvalue weighted by Gasteiger charge is -2.22. The zero-order valence-corrected chi connectivity index (χ0v) is 16.5. The number of aromatic nitrogens is 1. The molecule has 1 atom stereocenters. The Morgan fingerprint density at radius 1 is 0.931 bits per heavy atom. The van der Waals surface area contributed by atoms with Gasteiger partial charge in [-0.05, 0) is 54.3 Å². The summed E-state index contributed by atoms with van der Waals surface area (Å²) in [6, 6.07) is 27.4. The van der Waals surface area contributed by atoms with E-state index in [9.17, 15) is 4.79 Å². The van der Waals surface area contributed by atoms with Gasteiger partial charge in [-0.1, -0.05) is 66.2 Å². The van der Waals surface area contributed by atoms with E-state index in [4.69, 9.17) is 5.11 Å². The van der Waals surface area contributed by atoms with Gasteiger partial charge in [-0.15, -0.1) is 0 Å². The molecule has 0 saturated heterocycles. The van der Waals surface area contributed by atoms with E-state index in [1.54, 1.807) is 0 Å². The van der Waals surface area contributed by atoms with Gasteiger partial charge in [0.1, 0.15) is 0 Å². The highest BCUT2D eigenvalue weighted by molar-refractivity contribution is 5.92. The highest BCUT2D eigenvalue weighted by Crippen LogP contribution is 2.32. The average Bonchev–Trinajstić information content (AvgIpc) is 3.13. The van der Waals surface area contributed by atoms with E-state index in [2.05, 4.69) is 84.4 Å². The standard InChI is InChI=1S/C26H23NO2/c1-18-8-10-21(11-9-18)26(20-6-4-3-5-7-20)27-15-14-23-17-22(12-13-24(23)27)19(2)16-25(28)29/h3-17,26H,1-2H3,(H,28,29). The summed E-state index contributed by atoms with van der Waals surface area (Å²) < 4.78 is 2.29. The Bertz CT molecular complexity index is 1180. The van der Waals surface area contributed by atoms with Crippen molar-refractivity contribution in [2.45, 2.75) is 19.9 Å². The van der Waals surface area contributed by atoms with Gasteiger partial charge in [-0.25, -0.2) is 4.79 Å². The number of aryl methyl sites for hydroxylation is 1. The van der Waals surface area contributed by atoms with Crippen molar-refractivity contribution in [1.29, 1.82) is 0 Å². The molecule has 3 heteroatoms. The van der Waals surface area contributed by atoms with Crippen molar-refractivity contribution in [3.05, 3.63) is 113 Å². The molecule has 1 unspecified atom stereocenters. The second-order valence-electron chi connectivity index (χ2n) is 7.39. The van der Waals surface area contributed by atoms with Gasteiger partial charge in [0.15, 0.2) is 0 Å². The van der Waals surface area contributed by atoms with Crippen LogP contribution < -0.4 is 0 Å². The second kappa shape index (κ2) is 7.80. The summed E-state index contributed by atoms with van der Waals surface area (Å²) in [5.41, 5.74) is 6.47. The first-order valence-electron chi connectivity index (χ1n) is 9.66. The molecule has 0 aliphatic carbocycles. The number of nitrogens with zero attached hydrogens (tertiary/aromatic N) is 1. The summed E-state index contributed by atoms with van der Waals surface area (Å²) in [7, 11) is 0. The fourth-order valence-electron chi connectivity index (χ4n) is 3.80. The molecule has 4 aromatic rings. The van der Waals surface area contributed by atoms with Gasteiger partial charge in [-0.3, -0.25) is 0 Å². The SMILES string of the molecule is CC(=CC(=O)O)c1ccc2c(ccn2C(c2ccccc2)c2ccc(C)cc2)c1. The summed E-state index contributed by atoms with van der Waals surface area (Å²) in [6.45, 7) is 3.92. The number of rotatable bonds is 5. The fraction of sp³-hybridized carbons (Fsp3) is 0.115. The number of carboxylic acid groups (broad SMARTS) is 1. The first-order chi connectivity index (χ1) is 14.0. The van der Waals surface area contributed by atoms with Crippen LogP contribution in [0.25, 0.3) is 16.5 Å². The average molecular weight is 381 g/mol. The molecule has 144 valence electrons. The molecule has 0 fully saturated rings. The van der Waals surface area contributed by atoms with Crippen LogP contribution in [-0.2, 0) is 4.79 Å². The van der Waals surface area contributed by atoms with Crippen LogP contribution in [0.2, 0.25) is 0 Å². The summed E-state index contributed by atoms with van der Waals surface area (Å²) in [6.07, 6.45) is 3.36. The predicted octanol–water partition coefficient (Wildman–Crippen LogP) is 6.08. The van der Waals surface area contributed by atoms with E-state index in [-0.39, 0.29) is 6.04 Å². The minimum Gasteiger partial charge on any atom is -0.478 e. The molecule has 4 rings (SSSR count). The van der Waals surface area contributed by atoms with Crippen molar-refractivity contribution in [2.24, 2.45) is 0 Å². The van der Waals surface area contributed by atoms with E-state index in [0.717, 1.165) is 22.0 Å². The molecule has 0 spiro atoms. The number of hydrogen-bond acceptors (Lipinski definition) is 1. The number of fused-ring (bicyclic) bond motifs is 1. The number of carboxylic acids is 1. The van der Waals surface area contributed by atoms with Crippen molar-refractivity contribution in [3.8, 4) is 0 Å². The molecule has 1 N–H and O–H groups in total. The first-order valence-corrected chi connectivity index (χ1v) is 9.66. The minimum absolute atomic E-state index is 0.0656. The van der Waals surface area contributed by atoms with Crippen LogP contribution in [0.15, 0.2) is 91.1 Å². The van der Waals surface area contributed by atoms with Gasteiger partial charge >= 0.3 is 5.97 Å². The maximum absolute atomic E-state index is 11.0. The lowest BCUT2D eigenvalue weighted by Crippen LogP contribution is -2.11. The van der Waals surface area contributed by atoms with Crippen LogP contribution in [-0.4, -0.2) is 15.6 Å². The van der Waals surface area contributed by atoms with Gasteiger partial charge in [0, 0.05) is 23.2 Å². The number of benzene rings is 3. The summed E-state index contributed by atoms with van der Waals surface area (Å²) in [5, 5.41) is 10.1. The van der Waals surface area contributed by atoms with Crippen molar-refractivity contribution in [3.63, 3.8) is 0 Å². The van der Waals surface area contributed by atoms with E-state index < -0.39 is 5.97 Å². The molecule has 0 amide bonds. The monoisotopic (exact) mass is 381 g/mol. The first kappa shape index (κ1) is 18.8. The van der Waals surface area contributed by atoms with Gasteiger partial charge < -0.3 is 9.67 Å². The van der Waals surface area contributed by atoms with E-state index in [0.29, 0.717) is 0 Å². The van der Waals surface area contributed by atoms with Crippen molar-refractivity contribution in [1.82, 2.24) is 4.57 Å². The molecule has 1 heterocycles. The van der Waals surface area contributed by atoms with Crippen LogP contribution in [0.4, 0.5) is 0 Å². The summed E-state index contributed by atoms with van der Waals surface area (Å²) in [5.74, 6) is -0.927. The third kappa shape index (κ3) is 3.85. The Hall–Kier alpha value is -3.59. The summed E-state index contributed by atoms with van der Waals surface area (Å²) in [4.78, 5) is 11.0. The Morgan fingerprint density at radius 3 is 2.31 bits per heavy atom. The van der Waals surface area contributed by atoms with E-state index in [1.807, 2.05) is 19.1 Å². The van der Waals surface area contributed by atoms with Gasteiger partial charge in [-0.2, -0.15) is 0 Å². The molecule has 1 aromatic heterocycles. The van der Waals surface area contributed by atoms with E-state index >= 15 is 0 Å². The Labute approximate surface area is 170 Å². The molecule has 0 saturated carbocycles. The highest BCUT2D eigenvalue weighted by atomic mass is 16.4. The van der Waals surface area contributed by atoms with Gasteiger partial charge in [0.25, 0.3) is 0 Å². The highest BCUT2D eigenvalue weighted by Gasteiger charge is 2.18. The van der Waals surface area contributed by atoms with E-state index in [1.165, 1.54) is 22.8 Å². The van der Waals surface area contributed by atoms with Crippen LogP contribution >= 0.6 is 0 Å². The number of allylic oxidation sites excluding steroid dienone is 1. The zero-order chi connectivity index (χ0) is 20.4. The molecule has 3 aromatic carbocycles. The van der Waals surface area contributed by atoms with Crippen LogP contribution in [0, 0.1) is 6.92 Å². The lowest BCUT2D eigenvalue weighted by atomic mass is 9.97. The smallest absolute Gasteiger partial charge is 0.328 e. The fourth-order valence-corrected chi connectivity index (χ4v) is 3.80. The third-order valence-corrected chi connectivity index (χ3v) is 5.30. The summed E-state index contributed by atoms with van der Waals surface area (Å²) >= 11 is 0. The molecular formula is C26H23NO2. The largest absolute Gasteiger partial charge is 0.478 e. The minimum atomic E-state index is -0.927. The third-order valence-electron chi connectivity index (χ3n) is 5.30. The van der Waals surface area contributed by atoms with Crippen LogP contribution in [0.1, 0.15) is 35.2 Å². The topological polar surface area (TPSA) is 42.2 Å². The molecule has 0 aliphatic heterocycles. The molecule has 3 nitrogen and oxygen atoms in total. The molecule has 0 radical (unpaired) electrons. The normalized spacial score (nSPS) is 12.8. The Kier molecular flexibility index (Phi) is 5.05. The number of aliphatic carboxylic acids is 1. The van der Waals surface area contributed by atoms with Gasteiger partial charge in [0.05, 0.1) is 6.04 Å². The quantitative estimate of drug-likeness (QED) is 0.426. The Morgan fingerprint density at radius 2 is 1.62 bits per heavy atom. The predicted molar refractivity (Wildman–Crippen MR) is 118 cm³/mol. The molecule has 0 bridgehead atoms. The van der Waals surface area contributed by atoms with Crippen molar-refractivity contribution >= 4 is 22.4 Å². The van der Waals surface area contributed by atoms with Crippen molar-refractivity contribution < 1.29 is 9.90 Å². The van der Waals surface area contributed by atoms with Crippen LogP contribution in [0.5, 0.6) is 0 Å². The van der Waals surface area contributed by atoms with Crippen LogP contribution in [0.3, 0.4) is 0 Å². The second-order valence-corrected chi connectivity index (χ2v) is 7.39. The molecule has 29 heavy (non-hydrogen) atoms. The number of hydrogen-bond donors (Lipinski definition) is 1. The maximum atomic E-state index is 11.0. The van der Waals surface area contributed by atoms with Gasteiger partial charge in [0.2, 0.25) is 0 Å². The Balaban J connectivity index is 1.85. The lowest BCUT2D eigenvalue weighted by molar-refractivity contribution is -0.131.